The van der Waals surface area contributed by atoms with E-state index in [4.69, 9.17) is 18.5 Å². The highest BCUT2D eigenvalue weighted by Gasteiger charge is 2.22. The minimum Gasteiger partial charge on any atom is -0.756 e. The molecular weight excluding hydrogens is 1100 g/mol. The van der Waals surface area contributed by atoms with Crippen molar-refractivity contribution < 1.29 is 42.1 Å². The predicted octanol–water partition coefficient (Wildman–Crippen LogP) is 24.4. The van der Waals surface area contributed by atoms with Gasteiger partial charge in [0.15, 0.2) is 6.10 Å². The number of hydrogen-bond acceptors (Lipinski definition) is 8. The summed E-state index contributed by atoms with van der Waals surface area (Å²) < 4.78 is 34.4. The van der Waals surface area contributed by atoms with Crippen molar-refractivity contribution in [3.05, 3.63) is 36.5 Å². The first-order valence-electron chi connectivity index (χ1n) is 38.2. The van der Waals surface area contributed by atoms with E-state index in [1.54, 1.807) is 0 Å². The molecule has 0 saturated carbocycles. The molecule has 2 unspecified atom stereocenters. The highest BCUT2D eigenvalue weighted by atomic mass is 31.2. The van der Waals surface area contributed by atoms with E-state index in [2.05, 4.69) is 50.3 Å². The summed E-state index contributed by atoms with van der Waals surface area (Å²) in [5, 5.41) is 0. The summed E-state index contributed by atoms with van der Waals surface area (Å²) in [7, 11) is 1.19. The molecule has 0 aromatic rings. The van der Waals surface area contributed by atoms with Gasteiger partial charge in [-0.25, -0.2) is 0 Å². The molecule has 0 fully saturated rings. The first kappa shape index (κ1) is 85.2. The molecule has 0 heterocycles. The average Bonchev–Trinajstić information content (AvgIpc) is 3.50. The van der Waals surface area contributed by atoms with Crippen LogP contribution in [0.3, 0.4) is 0 Å². The highest BCUT2D eigenvalue weighted by Crippen LogP contribution is 2.38. The van der Waals surface area contributed by atoms with Crippen LogP contribution in [0, 0.1) is 0 Å². The molecule has 0 rings (SSSR count). The van der Waals surface area contributed by atoms with Gasteiger partial charge in [0.1, 0.15) is 19.8 Å². The lowest BCUT2D eigenvalue weighted by Gasteiger charge is -2.28. The van der Waals surface area contributed by atoms with Crippen LogP contribution in [0.25, 0.3) is 0 Å². The minimum atomic E-state index is -4.64. The molecule has 0 N–H and O–H groups in total. The Balaban J connectivity index is 3.95. The summed E-state index contributed by atoms with van der Waals surface area (Å²) in [6.07, 6.45) is 88.3. The molecule has 0 bridgehead atoms. The number of rotatable bonds is 72. The molecule has 0 amide bonds. The highest BCUT2D eigenvalue weighted by molar-refractivity contribution is 7.45. The molecule has 0 aliphatic carbocycles. The summed E-state index contributed by atoms with van der Waals surface area (Å²) in [6, 6.07) is 0. The van der Waals surface area contributed by atoms with Crippen molar-refractivity contribution in [3.63, 3.8) is 0 Å². The minimum absolute atomic E-state index is 0.0275. The monoisotopic (exact) mass is 1250 g/mol. The van der Waals surface area contributed by atoms with Crippen LogP contribution in [0.2, 0.25) is 0 Å². The van der Waals surface area contributed by atoms with Crippen molar-refractivity contribution in [3.8, 4) is 0 Å². The fourth-order valence-corrected chi connectivity index (χ4v) is 12.3. The third-order valence-electron chi connectivity index (χ3n) is 17.4. The fraction of sp³-hybridized carbons (Fsp3) is 0.896. The first-order valence-corrected chi connectivity index (χ1v) is 39.7. The van der Waals surface area contributed by atoms with Crippen LogP contribution in [-0.2, 0) is 32.7 Å². The van der Waals surface area contributed by atoms with Gasteiger partial charge in [0, 0.05) is 12.8 Å². The Labute approximate surface area is 541 Å². The van der Waals surface area contributed by atoms with Gasteiger partial charge in [-0.15, -0.1) is 0 Å². The number of unbranched alkanes of at least 4 members (excludes halogenated alkanes) is 52. The number of nitrogens with zero attached hydrogens (tertiary/aromatic N) is 1. The van der Waals surface area contributed by atoms with Crippen molar-refractivity contribution in [2.75, 3.05) is 47.5 Å². The van der Waals surface area contributed by atoms with Crippen molar-refractivity contribution in [1.29, 1.82) is 0 Å². The van der Waals surface area contributed by atoms with E-state index in [1.165, 1.54) is 315 Å². The first-order chi connectivity index (χ1) is 42.5. The zero-order valence-corrected chi connectivity index (χ0v) is 59.6. The van der Waals surface area contributed by atoms with Crippen LogP contribution >= 0.6 is 7.82 Å². The zero-order valence-electron chi connectivity index (χ0n) is 58.7. The van der Waals surface area contributed by atoms with Crippen molar-refractivity contribution in [1.82, 2.24) is 0 Å². The molecule has 0 aliphatic heterocycles. The Morgan fingerprint density at radius 1 is 0.356 bits per heavy atom. The Kier molecular flexibility index (Phi) is 67.2. The summed E-state index contributed by atoms with van der Waals surface area (Å²) in [5.74, 6) is -0.809. The van der Waals surface area contributed by atoms with Crippen molar-refractivity contribution >= 4 is 19.8 Å². The van der Waals surface area contributed by atoms with E-state index in [-0.39, 0.29) is 32.0 Å². The third-order valence-corrected chi connectivity index (χ3v) is 18.4. The van der Waals surface area contributed by atoms with Crippen LogP contribution < -0.4 is 4.89 Å². The number of allylic oxidation sites excluding steroid dienone is 6. The summed E-state index contributed by atoms with van der Waals surface area (Å²) >= 11 is 0. The molecule has 0 aromatic heterocycles. The van der Waals surface area contributed by atoms with Crippen LogP contribution in [0.1, 0.15) is 393 Å². The van der Waals surface area contributed by atoms with E-state index in [0.717, 1.165) is 44.9 Å². The maximum Gasteiger partial charge on any atom is 0.306 e. The number of likely N-dealkylation sites (N-methyl/N-ethyl adjacent to an activating group) is 1. The standard InChI is InChI=1S/C77H148NO8P/c1-6-8-10-12-14-16-18-20-22-24-26-28-30-32-34-36-38-39-40-42-44-46-48-50-52-54-56-58-60-62-64-66-68-70-77(80)86-75(74-85-87(81,82)84-72-71-78(3,4)5)73-83-76(79)69-67-65-63-61-59-57-55-53-51-49-47-45-43-41-37-35-33-31-29-27-25-23-21-19-17-15-13-11-9-7-2/h18,20,24,26,30,32,75H,6-17,19,21-23,25,27-29,31,33-74H2,1-5H3/b20-18-,26-24-,32-30-. The van der Waals surface area contributed by atoms with E-state index in [0.29, 0.717) is 17.4 Å². The van der Waals surface area contributed by atoms with Gasteiger partial charge < -0.3 is 27.9 Å². The number of carbonyl (C=O) groups excluding carboxylic acids is 2. The molecule has 0 aromatic carbocycles. The quantitative estimate of drug-likeness (QED) is 0.0195. The summed E-state index contributed by atoms with van der Waals surface area (Å²) in [4.78, 5) is 38.1. The zero-order chi connectivity index (χ0) is 63.4. The maximum atomic E-state index is 12.9. The number of phosphoric acid groups is 1. The number of esters is 2. The Morgan fingerprint density at radius 2 is 0.621 bits per heavy atom. The van der Waals surface area contributed by atoms with Gasteiger partial charge >= 0.3 is 11.9 Å². The molecule has 514 valence electrons. The van der Waals surface area contributed by atoms with Gasteiger partial charge in [0.25, 0.3) is 7.82 Å². The molecule has 0 spiro atoms. The molecule has 10 heteroatoms. The lowest BCUT2D eigenvalue weighted by molar-refractivity contribution is -0.870. The Bertz CT molecular complexity index is 1560. The lowest BCUT2D eigenvalue weighted by atomic mass is 10.0. The summed E-state index contributed by atoms with van der Waals surface area (Å²) in [5.41, 5.74) is 0. The van der Waals surface area contributed by atoms with Gasteiger partial charge in [-0.3, -0.25) is 14.2 Å². The van der Waals surface area contributed by atoms with Crippen LogP contribution in [0.5, 0.6) is 0 Å². The van der Waals surface area contributed by atoms with Gasteiger partial charge in [-0.1, -0.05) is 365 Å². The fourth-order valence-electron chi connectivity index (χ4n) is 11.6. The number of quaternary nitrogens is 1. The normalized spacial score (nSPS) is 13.2. The Morgan fingerprint density at radius 3 is 0.920 bits per heavy atom. The van der Waals surface area contributed by atoms with Crippen LogP contribution in [0.15, 0.2) is 36.5 Å². The van der Waals surface area contributed by atoms with Crippen molar-refractivity contribution in [2.45, 2.75) is 399 Å². The second-order valence-electron chi connectivity index (χ2n) is 27.4. The number of hydrogen-bond donors (Lipinski definition) is 0. The van der Waals surface area contributed by atoms with E-state index < -0.39 is 26.5 Å². The molecule has 0 saturated heterocycles. The molecule has 0 aliphatic rings. The smallest absolute Gasteiger partial charge is 0.306 e. The van der Waals surface area contributed by atoms with Crippen LogP contribution in [-0.4, -0.2) is 70.0 Å². The molecular formula is C77H148NO8P. The number of carbonyl (C=O) groups is 2. The van der Waals surface area contributed by atoms with Crippen molar-refractivity contribution in [2.24, 2.45) is 0 Å². The van der Waals surface area contributed by atoms with E-state index >= 15 is 0 Å². The van der Waals surface area contributed by atoms with Gasteiger partial charge in [0.05, 0.1) is 27.7 Å². The third kappa shape index (κ3) is 73.2. The molecule has 2 atom stereocenters. The Hall–Kier alpha value is -1.77. The molecule has 87 heavy (non-hydrogen) atoms. The largest absolute Gasteiger partial charge is 0.756 e. The summed E-state index contributed by atoms with van der Waals surface area (Å²) in [6.45, 7) is 4.31. The second kappa shape index (κ2) is 68.6. The average molecular weight is 1250 g/mol. The number of phosphoric ester groups is 1. The second-order valence-corrected chi connectivity index (χ2v) is 28.8. The van der Waals surface area contributed by atoms with E-state index in [1.807, 2.05) is 21.1 Å². The van der Waals surface area contributed by atoms with Gasteiger partial charge in [0.2, 0.25) is 0 Å². The number of ether oxygens (including phenoxy) is 2. The van der Waals surface area contributed by atoms with E-state index in [9.17, 15) is 19.0 Å². The SMILES string of the molecule is CCCCCCC/C=C\C/C=C\C/C=C\CCCCCCCCCCCCCCCCCCCCC(=O)OC(COC(=O)CCCCCCCCCCCCCCCCCCCCCCCCCCCCCCCC)COP(=O)([O-])OCC[N+](C)(C)C. The van der Waals surface area contributed by atoms with Gasteiger partial charge in [-0.2, -0.15) is 0 Å². The molecule has 9 nitrogen and oxygen atoms in total. The topological polar surface area (TPSA) is 111 Å². The van der Waals surface area contributed by atoms with Gasteiger partial charge in [-0.05, 0) is 51.4 Å². The molecule has 0 radical (unpaired) electrons. The lowest BCUT2D eigenvalue weighted by Crippen LogP contribution is -2.37. The van der Waals surface area contributed by atoms with Crippen LogP contribution in [0.4, 0.5) is 0 Å². The maximum absolute atomic E-state index is 12.9. The predicted molar refractivity (Wildman–Crippen MR) is 374 cm³/mol.